The zero-order chi connectivity index (χ0) is 18.9. The Balaban J connectivity index is 1.77. The number of hydrogen-bond acceptors (Lipinski definition) is 1. The topological polar surface area (TPSA) is 26.1 Å². The maximum absolute atomic E-state index is 13.5. The van der Waals surface area contributed by atoms with Crippen LogP contribution in [0.25, 0.3) is 11.1 Å². The van der Waals surface area contributed by atoms with Gasteiger partial charge in [0.1, 0.15) is 0 Å². The molecule has 0 heterocycles. The van der Waals surface area contributed by atoms with Crippen LogP contribution in [0.3, 0.4) is 0 Å². The molecular formula is C26H19NO. The zero-order valence-corrected chi connectivity index (χ0v) is 15.4. The SMILES string of the molecule is [O-][N+](=C(c1ccccc1)c1cccc2c1Cc1ccccc1-2)c1ccccc1. The molecule has 5 rings (SSSR count). The molecule has 0 atom stereocenters. The molecular weight excluding hydrogens is 342 g/mol. The van der Waals surface area contributed by atoms with Crippen molar-refractivity contribution in [2.24, 2.45) is 0 Å². The first kappa shape index (κ1) is 16.5. The lowest BCUT2D eigenvalue weighted by atomic mass is 9.94. The van der Waals surface area contributed by atoms with E-state index >= 15 is 0 Å². The lowest BCUT2D eigenvalue weighted by molar-refractivity contribution is -0.359. The molecule has 2 nitrogen and oxygen atoms in total. The molecule has 0 N–H and O–H groups in total. The second-order valence-corrected chi connectivity index (χ2v) is 7.01. The van der Waals surface area contributed by atoms with Gasteiger partial charge in [-0.25, -0.2) is 0 Å². The highest BCUT2D eigenvalue weighted by atomic mass is 16.5. The van der Waals surface area contributed by atoms with Gasteiger partial charge in [-0.2, -0.15) is 4.74 Å². The Kier molecular flexibility index (Phi) is 4.02. The van der Waals surface area contributed by atoms with Gasteiger partial charge in [-0.15, -0.1) is 0 Å². The van der Waals surface area contributed by atoms with Crippen molar-refractivity contribution in [2.75, 3.05) is 0 Å². The number of fused-ring (bicyclic) bond motifs is 3. The minimum absolute atomic E-state index is 0.634. The Labute approximate surface area is 164 Å². The maximum Gasteiger partial charge on any atom is 0.231 e. The maximum atomic E-state index is 13.5. The Morgan fingerprint density at radius 3 is 2.07 bits per heavy atom. The molecule has 0 aliphatic heterocycles. The third-order valence-corrected chi connectivity index (χ3v) is 5.35. The van der Waals surface area contributed by atoms with Crippen molar-refractivity contribution in [2.45, 2.75) is 6.42 Å². The van der Waals surface area contributed by atoms with Crippen LogP contribution in [-0.2, 0) is 6.42 Å². The molecule has 28 heavy (non-hydrogen) atoms. The molecule has 0 bridgehead atoms. The summed E-state index contributed by atoms with van der Waals surface area (Å²) in [4.78, 5) is 0. The van der Waals surface area contributed by atoms with Crippen LogP contribution in [0.1, 0.15) is 22.3 Å². The standard InChI is InChI=1S/C26H19NO/c28-27(21-13-5-2-6-14-21)26(19-10-3-1-4-11-19)24-17-9-16-23-22-15-8-7-12-20(22)18-25(23)24/h1-17H,18H2. The van der Waals surface area contributed by atoms with Crippen LogP contribution < -0.4 is 0 Å². The summed E-state index contributed by atoms with van der Waals surface area (Å²) in [7, 11) is 0. The number of benzene rings is 4. The van der Waals surface area contributed by atoms with E-state index in [4.69, 9.17) is 0 Å². The fraction of sp³-hybridized carbons (Fsp3) is 0.0385. The van der Waals surface area contributed by atoms with Gasteiger partial charge in [-0.05, 0) is 46.9 Å². The van der Waals surface area contributed by atoms with Crippen molar-refractivity contribution in [1.29, 1.82) is 0 Å². The first-order valence-electron chi connectivity index (χ1n) is 9.48. The molecule has 4 aromatic rings. The van der Waals surface area contributed by atoms with E-state index < -0.39 is 0 Å². The third-order valence-electron chi connectivity index (χ3n) is 5.35. The molecule has 0 amide bonds. The van der Waals surface area contributed by atoms with Gasteiger partial charge < -0.3 is 5.21 Å². The van der Waals surface area contributed by atoms with Crippen molar-refractivity contribution in [3.8, 4) is 11.1 Å². The highest BCUT2D eigenvalue weighted by Gasteiger charge is 2.27. The highest BCUT2D eigenvalue weighted by Crippen LogP contribution is 2.39. The first-order chi connectivity index (χ1) is 13.8. The van der Waals surface area contributed by atoms with Crippen LogP contribution in [-0.4, -0.2) is 10.5 Å². The molecule has 1 aliphatic rings. The van der Waals surface area contributed by atoms with Crippen LogP contribution in [0.5, 0.6) is 0 Å². The predicted molar refractivity (Wildman–Crippen MR) is 114 cm³/mol. The summed E-state index contributed by atoms with van der Waals surface area (Å²) < 4.78 is 1.06. The average molecular weight is 361 g/mol. The molecule has 0 spiro atoms. The van der Waals surface area contributed by atoms with Crippen LogP contribution in [0.15, 0.2) is 103 Å². The summed E-state index contributed by atoms with van der Waals surface area (Å²) >= 11 is 0. The molecule has 0 aromatic heterocycles. The fourth-order valence-corrected chi connectivity index (χ4v) is 4.05. The minimum atomic E-state index is 0.634. The van der Waals surface area contributed by atoms with Gasteiger partial charge >= 0.3 is 0 Å². The van der Waals surface area contributed by atoms with E-state index in [1.807, 2.05) is 60.7 Å². The Bertz CT molecular complexity index is 1180. The fourth-order valence-electron chi connectivity index (χ4n) is 4.05. The van der Waals surface area contributed by atoms with Crippen LogP contribution in [0, 0.1) is 5.21 Å². The van der Waals surface area contributed by atoms with Gasteiger partial charge in [-0.1, -0.05) is 72.8 Å². The quantitative estimate of drug-likeness (QED) is 0.169. The number of rotatable bonds is 3. The van der Waals surface area contributed by atoms with Gasteiger partial charge in [0.2, 0.25) is 11.4 Å². The molecule has 4 aromatic carbocycles. The number of hydrogen-bond donors (Lipinski definition) is 0. The monoisotopic (exact) mass is 361 g/mol. The summed E-state index contributed by atoms with van der Waals surface area (Å²) in [5.74, 6) is 0. The molecule has 0 fully saturated rings. The summed E-state index contributed by atoms with van der Waals surface area (Å²) in [6.45, 7) is 0. The van der Waals surface area contributed by atoms with E-state index in [1.54, 1.807) is 0 Å². The average Bonchev–Trinajstić information content (AvgIpc) is 3.15. The molecule has 0 saturated heterocycles. The van der Waals surface area contributed by atoms with E-state index in [0.717, 1.165) is 22.3 Å². The molecule has 0 saturated carbocycles. The smallest absolute Gasteiger partial charge is 0.231 e. The Morgan fingerprint density at radius 2 is 1.29 bits per heavy atom. The van der Waals surface area contributed by atoms with E-state index in [-0.39, 0.29) is 0 Å². The summed E-state index contributed by atoms with van der Waals surface area (Å²) in [5.41, 5.74) is 8.27. The van der Waals surface area contributed by atoms with E-state index in [0.29, 0.717) is 11.4 Å². The minimum Gasteiger partial charge on any atom is -0.618 e. The third kappa shape index (κ3) is 2.71. The van der Waals surface area contributed by atoms with Gasteiger partial charge in [0.05, 0.1) is 5.56 Å². The Hall–Kier alpha value is -3.65. The van der Waals surface area contributed by atoms with Crippen LogP contribution >= 0.6 is 0 Å². The van der Waals surface area contributed by atoms with Gasteiger partial charge in [0.15, 0.2) is 0 Å². The summed E-state index contributed by atoms with van der Waals surface area (Å²) in [6, 6.07) is 34.1. The van der Waals surface area contributed by atoms with Crippen molar-refractivity contribution >= 4 is 11.4 Å². The normalized spacial score (nSPS) is 12.9. The van der Waals surface area contributed by atoms with E-state index in [9.17, 15) is 5.21 Å². The highest BCUT2D eigenvalue weighted by molar-refractivity contribution is 6.12. The van der Waals surface area contributed by atoms with Crippen LogP contribution in [0.4, 0.5) is 5.69 Å². The molecule has 1 aliphatic carbocycles. The van der Waals surface area contributed by atoms with E-state index in [2.05, 4.69) is 42.5 Å². The predicted octanol–water partition coefficient (Wildman–Crippen LogP) is 5.94. The summed E-state index contributed by atoms with van der Waals surface area (Å²) in [6.07, 6.45) is 0.848. The molecule has 0 unspecified atom stereocenters. The molecule has 2 heteroatoms. The van der Waals surface area contributed by atoms with Gasteiger partial charge in [0, 0.05) is 17.7 Å². The molecule has 134 valence electrons. The van der Waals surface area contributed by atoms with Crippen molar-refractivity contribution in [3.05, 3.63) is 131 Å². The van der Waals surface area contributed by atoms with E-state index in [1.165, 1.54) is 22.3 Å². The number of para-hydroxylation sites is 1. The number of nitrogens with zero attached hydrogens (tertiary/aromatic N) is 1. The largest absolute Gasteiger partial charge is 0.618 e. The van der Waals surface area contributed by atoms with Crippen molar-refractivity contribution in [3.63, 3.8) is 0 Å². The first-order valence-corrected chi connectivity index (χ1v) is 9.48. The van der Waals surface area contributed by atoms with Crippen LogP contribution in [0.2, 0.25) is 0 Å². The van der Waals surface area contributed by atoms with Gasteiger partial charge in [-0.3, -0.25) is 0 Å². The molecule has 0 radical (unpaired) electrons. The summed E-state index contributed by atoms with van der Waals surface area (Å²) in [5, 5.41) is 13.5. The second-order valence-electron chi connectivity index (χ2n) is 7.01. The lowest BCUT2D eigenvalue weighted by Crippen LogP contribution is -2.17. The zero-order valence-electron chi connectivity index (χ0n) is 15.4. The van der Waals surface area contributed by atoms with Crippen molar-refractivity contribution < 1.29 is 4.74 Å². The van der Waals surface area contributed by atoms with Crippen molar-refractivity contribution in [1.82, 2.24) is 0 Å². The lowest BCUT2D eigenvalue weighted by Gasteiger charge is -2.14. The second kappa shape index (κ2) is 6.82. The van der Waals surface area contributed by atoms with Gasteiger partial charge in [0.25, 0.3) is 0 Å². The Morgan fingerprint density at radius 1 is 0.643 bits per heavy atom.